The average Bonchev–Trinajstić information content (AvgIpc) is 3.20. The first-order valence-corrected chi connectivity index (χ1v) is 8.58. The van der Waals surface area contributed by atoms with Crippen LogP contribution in [0.15, 0.2) is 6.07 Å². The molecule has 1 aliphatic carbocycles. The molecule has 2 rings (SSSR count). The van der Waals surface area contributed by atoms with Gasteiger partial charge >= 0.3 is 0 Å². The molecule has 1 aliphatic rings. The first kappa shape index (κ1) is 16.0. The number of hydrogen-bond donors (Lipinski definition) is 1. The normalized spacial score (nSPS) is 14.9. The Hall–Kier alpha value is -0.420. The minimum absolute atomic E-state index is 0.689. The quantitative estimate of drug-likeness (QED) is 0.633. The fourth-order valence-electron chi connectivity index (χ4n) is 2.00. The molecule has 1 fully saturated rings. The van der Waals surface area contributed by atoms with Crippen LogP contribution in [0.25, 0.3) is 0 Å². The van der Waals surface area contributed by atoms with Gasteiger partial charge in [-0.1, -0.05) is 13.3 Å². The molecule has 0 aromatic carbocycles. The van der Waals surface area contributed by atoms with Crippen molar-refractivity contribution in [3.05, 3.63) is 21.4 Å². The van der Waals surface area contributed by atoms with Gasteiger partial charge in [-0.3, -0.25) is 0 Å². The van der Waals surface area contributed by atoms with Crippen LogP contribution >= 0.6 is 11.3 Å². The van der Waals surface area contributed by atoms with Crippen molar-refractivity contribution in [1.29, 1.82) is 0 Å². The Labute approximate surface area is 126 Å². The molecule has 1 N–H and O–H groups in total. The number of rotatable bonds is 11. The summed E-state index contributed by atoms with van der Waals surface area (Å²) < 4.78 is 11.2. The summed E-state index contributed by atoms with van der Waals surface area (Å²) in [5.41, 5.74) is 1.33. The van der Waals surface area contributed by atoms with Crippen LogP contribution in [0.3, 0.4) is 0 Å². The summed E-state index contributed by atoms with van der Waals surface area (Å²) in [6.45, 7) is 8.33. The molecule has 0 unspecified atom stereocenters. The van der Waals surface area contributed by atoms with Crippen molar-refractivity contribution in [1.82, 2.24) is 5.32 Å². The molecule has 0 atom stereocenters. The Kier molecular flexibility index (Phi) is 7.00. The fraction of sp³-hybridized carbons (Fsp3) is 0.750. The van der Waals surface area contributed by atoms with Crippen LogP contribution in [-0.2, 0) is 22.6 Å². The van der Waals surface area contributed by atoms with E-state index in [0.29, 0.717) is 19.8 Å². The molecule has 1 heterocycles. The van der Waals surface area contributed by atoms with Gasteiger partial charge in [0.25, 0.3) is 0 Å². The summed E-state index contributed by atoms with van der Waals surface area (Å²) in [6.07, 6.45) is 5.02. The highest BCUT2D eigenvalue weighted by molar-refractivity contribution is 7.12. The Bertz CT molecular complexity index is 388. The predicted octanol–water partition coefficient (Wildman–Crippen LogP) is 3.64. The molecule has 1 aromatic rings. The van der Waals surface area contributed by atoms with E-state index in [0.717, 1.165) is 25.6 Å². The molecule has 0 spiro atoms. The molecule has 4 heteroatoms. The second kappa shape index (κ2) is 8.78. The lowest BCUT2D eigenvalue weighted by Gasteiger charge is -2.05. The Balaban J connectivity index is 1.59. The molecule has 0 amide bonds. The van der Waals surface area contributed by atoms with Gasteiger partial charge in [-0.2, -0.15) is 0 Å². The van der Waals surface area contributed by atoms with Crippen molar-refractivity contribution in [3.63, 3.8) is 0 Å². The van der Waals surface area contributed by atoms with Gasteiger partial charge in [-0.05, 0) is 37.8 Å². The van der Waals surface area contributed by atoms with Crippen molar-refractivity contribution < 1.29 is 9.47 Å². The van der Waals surface area contributed by atoms with Crippen molar-refractivity contribution in [2.45, 2.75) is 58.7 Å². The van der Waals surface area contributed by atoms with Crippen molar-refractivity contribution in [2.75, 3.05) is 19.8 Å². The third-order valence-corrected chi connectivity index (χ3v) is 4.58. The summed E-state index contributed by atoms with van der Waals surface area (Å²) >= 11 is 1.89. The van der Waals surface area contributed by atoms with Gasteiger partial charge in [0.1, 0.15) is 0 Å². The second-order valence-corrected chi connectivity index (χ2v) is 6.81. The van der Waals surface area contributed by atoms with E-state index in [1.54, 1.807) is 0 Å². The third kappa shape index (κ3) is 5.92. The number of unbranched alkanes of at least 4 members (excludes halogenated alkanes) is 1. The number of hydrogen-bond acceptors (Lipinski definition) is 4. The Morgan fingerprint density at radius 1 is 1.25 bits per heavy atom. The van der Waals surface area contributed by atoms with E-state index in [1.807, 2.05) is 11.3 Å². The highest BCUT2D eigenvalue weighted by Gasteiger charge is 2.20. The molecule has 0 bridgehead atoms. The van der Waals surface area contributed by atoms with Crippen LogP contribution in [-0.4, -0.2) is 25.9 Å². The van der Waals surface area contributed by atoms with Crippen LogP contribution in [0, 0.1) is 6.92 Å². The number of aryl methyl sites for hydroxylation is 1. The highest BCUT2D eigenvalue weighted by atomic mass is 32.1. The smallest absolute Gasteiger partial charge is 0.0728 e. The van der Waals surface area contributed by atoms with Gasteiger partial charge in [0.2, 0.25) is 0 Å². The minimum atomic E-state index is 0.689. The van der Waals surface area contributed by atoms with Gasteiger partial charge < -0.3 is 14.8 Å². The Morgan fingerprint density at radius 3 is 2.80 bits per heavy atom. The molecule has 0 radical (unpaired) electrons. The van der Waals surface area contributed by atoms with E-state index in [1.165, 1.54) is 34.6 Å². The van der Waals surface area contributed by atoms with Crippen LogP contribution in [0.4, 0.5) is 0 Å². The van der Waals surface area contributed by atoms with E-state index in [-0.39, 0.29) is 0 Å². The second-order valence-electron chi connectivity index (χ2n) is 5.47. The largest absolute Gasteiger partial charge is 0.379 e. The minimum Gasteiger partial charge on any atom is -0.379 e. The van der Waals surface area contributed by atoms with Gasteiger partial charge in [-0.15, -0.1) is 11.3 Å². The zero-order valence-electron chi connectivity index (χ0n) is 12.7. The number of nitrogens with one attached hydrogen (secondary N) is 1. The summed E-state index contributed by atoms with van der Waals surface area (Å²) in [5.74, 6) is 0. The lowest BCUT2D eigenvalue weighted by molar-refractivity contribution is 0.0396. The van der Waals surface area contributed by atoms with Gasteiger partial charge in [0.05, 0.1) is 19.8 Å². The van der Waals surface area contributed by atoms with Crippen molar-refractivity contribution in [2.24, 2.45) is 0 Å². The molecule has 3 nitrogen and oxygen atoms in total. The monoisotopic (exact) mass is 297 g/mol. The predicted molar refractivity (Wildman–Crippen MR) is 84.3 cm³/mol. The Morgan fingerprint density at radius 2 is 2.05 bits per heavy atom. The zero-order chi connectivity index (χ0) is 14.2. The van der Waals surface area contributed by atoms with Crippen LogP contribution in [0.1, 0.15) is 47.9 Å². The summed E-state index contributed by atoms with van der Waals surface area (Å²) in [6, 6.07) is 3.06. The lowest BCUT2D eigenvalue weighted by Crippen LogP contribution is -2.14. The maximum atomic E-state index is 5.69. The standard InChI is InChI=1S/C16H27NO2S/c1-3-4-7-18-8-9-19-12-14-10-16(20-13(14)2)11-17-15-5-6-15/h10,15,17H,3-9,11-12H2,1-2H3. The molecule has 20 heavy (non-hydrogen) atoms. The summed E-state index contributed by atoms with van der Waals surface area (Å²) in [5, 5.41) is 3.56. The topological polar surface area (TPSA) is 30.5 Å². The van der Waals surface area contributed by atoms with E-state index in [4.69, 9.17) is 9.47 Å². The molecule has 114 valence electrons. The first-order valence-electron chi connectivity index (χ1n) is 7.76. The first-order chi connectivity index (χ1) is 9.79. The molecule has 0 saturated heterocycles. The maximum Gasteiger partial charge on any atom is 0.0728 e. The average molecular weight is 297 g/mol. The number of ether oxygens (including phenoxy) is 2. The van der Waals surface area contributed by atoms with Gasteiger partial charge in [0, 0.05) is 28.9 Å². The molecule has 1 aromatic heterocycles. The summed E-state index contributed by atoms with van der Waals surface area (Å²) in [7, 11) is 0. The van der Waals surface area contributed by atoms with Crippen LogP contribution in [0.2, 0.25) is 0 Å². The van der Waals surface area contributed by atoms with Gasteiger partial charge in [-0.25, -0.2) is 0 Å². The van der Waals surface area contributed by atoms with E-state index < -0.39 is 0 Å². The molecular formula is C16H27NO2S. The lowest BCUT2D eigenvalue weighted by atomic mass is 10.2. The maximum absolute atomic E-state index is 5.69. The summed E-state index contributed by atoms with van der Waals surface area (Å²) in [4.78, 5) is 2.80. The third-order valence-electron chi connectivity index (χ3n) is 3.49. The fourth-order valence-corrected chi connectivity index (χ4v) is 3.00. The van der Waals surface area contributed by atoms with Crippen molar-refractivity contribution in [3.8, 4) is 0 Å². The van der Waals surface area contributed by atoms with E-state index in [9.17, 15) is 0 Å². The highest BCUT2D eigenvalue weighted by Crippen LogP contribution is 2.24. The van der Waals surface area contributed by atoms with Crippen LogP contribution < -0.4 is 5.32 Å². The van der Waals surface area contributed by atoms with Crippen molar-refractivity contribution >= 4 is 11.3 Å². The number of thiophene rings is 1. The van der Waals surface area contributed by atoms with Gasteiger partial charge in [0.15, 0.2) is 0 Å². The molecular weight excluding hydrogens is 270 g/mol. The van der Waals surface area contributed by atoms with Crippen LogP contribution in [0.5, 0.6) is 0 Å². The molecule has 0 aliphatic heterocycles. The van der Waals surface area contributed by atoms with E-state index in [2.05, 4.69) is 25.2 Å². The van der Waals surface area contributed by atoms with E-state index >= 15 is 0 Å². The SMILES string of the molecule is CCCCOCCOCc1cc(CNC2CC2)sc1C. The zero-order valence-corrected chi connectivity index (χ0v) is 13.6. The molecule has 1 saturated carbocycles.